The molecule has 1 heterocycles. The van der Waals surface area contributed by atoms with E-state index in [0.29, 0.717) is 12.3 Å². The number of nitrogens with zero attached hydrogens (tertiary/aromatic N) is 2. The minimum Gasteiger partial charge on any atom is -0.359 e. The van der Waals surface area contributed by atoms with Gasteiger partial charge in [0.25, 0.3) is 0 Å². The van der Waals surface area contributed by atoms with Gasteiger partial charge in [-0.05, 0) is 50.2 Å². The summed E-state index contributed by atoms with van der Waals surface area (Å²) in [6, 6.07) is 6.63. The minimum atomic E-state index is 0. The van der Waals surface area contributed by atoms with Gasteiger partial charge in [0.15, 0.2) is 5.96 Å². The van der Waals surface area contributed by atoms with Crippen molar-refractivity contribution in [2.75, 3.05) is 33.7 Å². The third-order valence-electron chi connectivity index (χ3n) is 5.05. The second kappa shape index (κ2) is 11.4. The van der Waals surface area contributed by atoms with Gasteiger partial charge >= 0.3 is 0 Å². The molecule has 5 nitrogen and oxygen atoms in total. The first kappa shape index (κ1) is 22.7. The Hall–Kier alpha value is -1.31. The molecule has 26 heavy (non-hydrogen) atoms. The van der Waals surface area contributed by atoms with E-state index in [1.54, 1.807) is 7.05 Å². The molecule has 0 spiro atoms. The second-order valence-electron chi connectivity index (χ2n) is 6.96. The fourth-order valence-corrected chi connectivity index (χ4v) is 3.48. The number of carbonyl (C=O) groups is 1. The van der Waals surface area contributed by atoms with E-state index in [0.717, 1.165) is 44.9 Å². The fraction of sp³-hybridized carbons (Fsp3) is 0.600. The van der Waals surface area contributed by atoms with Gasteiger partial charge in [0, 0.05) is 40.2 Å². The first-order chi connectivity index (χ1) is 12.0. The number of aliphatic imine (C=N–C) groups is 1. The summed E-state index contributed by atoms with van der Waals surface area (Å²) in [5.41, 5.74) is 4.05. The highest BCUT2D eigenvalue weighted by Crippen LogP contribution is 2.20. The molecule has 1 aromatic carbocycles. The van der Waals surface area contributed by atoms with E-state index in [-0.39, 0.29) is 29.9 Å². The van der Waals surface area contributed by atoms with E-state index >= 15 is 0 Å². The van der Waals surface area contributed by atoms with Crippen LogP contribution < -0.4 is 10.6 Å². The van der Waals surface area contributed by atoms with Crippen LogP contribution in [0.2, 0.25) is 0 Å². The largest absolute Gasteiger partial charge is 0.359 e. The average molecular weight is 472 g/mol. The number of carbonyl (C=O) groups excluding carboxylic acids is 1. The molecule has 146 valence electrons. The van der Waals surface area contributed by atoms with E-state index in [4.69, 9.17) is 0 Å². The quantitative estimate of drug-likeness (QED) is 0.394. The van der Waals surface area contributed by atoms with Crippen LogP contribution in [0.25, 0.3) is 0 Å². The maximum atomic E-state index is 11.5. The van der Waals surface area contributed by atoms with Crippen molar-refractivity contribution in [3.63, 3.8) is 0 Å². The zero-order valence-corrected chi connectivity index (χ0v) is 18.8. The molecular formula is C20H33IN4O. The molecule has 1 aliphatic heterocycles. The van der Waals surface area contributed by atoms with Gasteiger partial charge in [-0.25, -0.2) is 0 Å². The molecule has 2 N–H and O–H groups in total. The van der Waals surface area contributed by atoms with Gasteiger partial charge in [0.1, 0.15) is 0 Å². The molecule has 0 bridgehead atoms. The molecular weight excluding hydrogens is 439 g/mol. The molecule has 0 aliphatic carbocycles. The van der Waals surface area contributed by atoms with E-state index in [1.807, 2.05) is 7.05 Å². The standard InChI is InChI=1S/C20H32N4O.HI/c1-15-5-6-18(16(2)13-15)7-10-23-20(22-4)24-11-8-17(9-12-24)14-19(25)21-3;/h5-6,13,17H,7-12,14H2,1-4H3,(H,21,25)(H,22,23);1H. The zero-order chi connectivity index (χ0) is 18.2. The van der Waals surface area contributed by atoms with Crippen LogP contribution in [0.5, 0.6) is 0 Å². The van der Waals surface area contributed by atoms with Crippen LogP contribution in [-0.4, -0.2) is 50.5 Å². The smallest absolute Gasteiger partial charge is 0.220 e. The highest BCUT2D eigenvalue weighted by molar-refractivity contribution is 14.0. The van der Waals surface area contributed by atoms with Gasteiger partial charge in [0.2, 0.25) is 5.91 Å². The Kier molecular flexibility index (Phi) is 9.98. The number of hydrogen-bond donors (Lipinski definition) is 2. The van der Waals surface area contributed by atoms with Crippen LogP contribution in [-0.2, 0) is 11.2 Å². The Bertz CT molecular complexity index is 610. The number of guanidine groups is 1. The van der Waals surface area contributed by atoms with Gasteiger partial charge in [-0.15, -0.1) is 24.0 Å². The van der Waals surface area contributed by atoms with Gasteiger partial charge in [-0.3, -0.25) is 9.79 Å². The summed E-state index contributed by atoms with van der Waals surface area (Å²) >= 11 is 0. The summed E-state index contributed by atoms with van der Waals surface area (Å²) in [4.78, 5) is 18.3. The lowest BCUT2D eigenvalue weighted by molar-refractivity contribution is -0.121. The molecule has 0 aromatic heterocycles. The van der Waals surface area contributed by atoms with Crippen molar-refractivity contribution < 1.29 is 4.79 Å². The lowest BCUT2D eigenvalue weighted by atomic mass is 9.93. The molecule has 0 saturated carbocycles. The molecule has 0 unspecified atom stereocenters. The van der Waals surface area contributed by atoms with Gasteiger partial charge < -0.3 is 15.5 Å². The molecule has 0 atom stereocenters. The third-order valence-corrected chi connectivity index (χ3v) is 5.05. The van der Waals surface area contributed by atoms with Gasteiger partial charge in [-0.2, -0.15) is 0 Å². The Morgan fingerprint density at radius 1 is 1.27 bits per heavy atom. The number of likely N-dealkylation sites (tertiary alicyclic amines) is 1. The first-order valence-corrected chi connectivity index (χ1v) is 9.25. The summed E-state index contributed by atoms with van der Waals surface area (Å²) in [6.07, 6.45) is 3.73. The predicted molar refractivity (Wildman–Crippen MR) is 119 cm³/mol. The molecule has 6 heteroatoms. The number of rotatable bonds is 5. The number of piperidine rings is 1. The number of amides is 1. The highest BCUT2D eigenvalue weighted by Gasteiger charge is 2.22. The molecule has 1 aliphatic rings. The number of benzene rings is 1. The maximum Gasteiger partial charge on any atom is 0.220 e. The Morgan fingerprint density at radius 2 is 1.96 bits per heavy atom. The van der Waals surface area contributed by atoms with Crippen LogP contribution >= 0.6 is 24.0 Å². The summed E-state index contributed by atoms with van der Waals surface area (Å²) in [6.45, 7) is 7.11. The minimum absolute atomic E-state index is 0. The topological polar surface area (TPSA) is 56.7 Å². The summed E-state index contributed by atoms with van der Waals surface area (Å²) in [5, 5.41) is 6.21. The van der Waals surface area contributed by atoms with Gasteiger partial charge in [-0.1, -0.05) is 23.8 Å². The highest BCUT2D eigenvalue weighted by atomic mass is 127. The van der Waals surface area contributed by atoms with Crippen LogP contribution in [0.1, 0.15) is 36.0 Å². The maximum absolute atomic E-state index is 11.5. The van der Waals surface area contributed by atoms with Crippen molar-refractivity contribution in [2.45, 2.75) is 39.5 Å². The van der Waals surface area contributed by atoms with Crippen molar-refractivity contribution in [3.05, 3.63) is 34.9 Å². The molecule has 1 saturated heterocycles. The number of hydrogen-bond acceptors (Lipinski definition) is 2. The van der Waals surface area contributed by atoms with Crippen LogP contribution in [0.4, 0.5) is 0 Å². The van der Waals surface area contributed by atoms with Gasteiger partial charge in [0.05, 0.1) is 0 Å². The Morgan fingerprint density at radius 3 is 2.54 bits per heavy atom. The number of nitrogens with one attached hydrogen (secondary N) is 2. The third kappa shape index (κ3) is 6.78. The monoisotopic (exact) mass is 472 g/mol. The second-order valence-corrected chi connectivity index (χ2v) is 6.96. The Balaban J connectivity index is 0.00000338. The molecule has 1 fully saturated rings. The van der Waals surface area contributed by atoms with Crippen LogP contribution in [0.15, 0.2) is 23.2 Å². The molecule has 2 rings (SSSR count). The zero-order valence-electron chi connectivity index (χ0n) is 16.5. The van der Waals surface area contributed by atoms with Crippen molar-refractivity contribution in [1.82, 2.24) is 15.5 Å². The molecule has 1 amide bonds. The summed E-state index contributed by atoms with van der Waals surface area (Å²) in [7, 11) is 3.55. The van der Waals surface area contributed by atoms with Crippen LogP contribution in [0.3, 0.4) is 0 Å². The SMILES string of the molecule is CN=C(NCCc1ccc(C)cc1C)N1CCC(CC(=O)NC)CC1.I. The van der Waals surface area contributed by atoms with Crippen LogP contribution in [0, 0.1) is 19.8 Å². The lowest BCUT2D eigenvalue weighted by Crippen LogP contribution is -2.46. The number of halogens is 1. The summed E-state index contributed by atoms with van der Waals surface area (Å²) in [5.74, 6) is 1.61. The normalized spacial score (nSPS) is 15.4. The fourth-order valence-electron chi connectivity index (χ4n) is 3.48. The first-order valence-electron chi connectivity index (χ1n) is 9.25. The van der Waals surface area contributed by atoms with Crippen molar-refractivity contribution >= 4 is 35.8 Å². The van der Waals surface area contributed by atoms with Crippen molar-refractivity contribution in [1.29, 1.82) is 0 Å². The van der Waals surface area contributed by atoms with Crippen molar-refractivity contribution in [3.8, 4) is 0 Å². The van der Waals surface area contributed by atoms with E-state index in [1.165, 1.54) is 16.7 Å². The Labute approximate surface area is 175 Å². The van der Waals surface area contributed by atoms with E-state index in [9.17, 15) is 4.79 Å². The summed E-state index contributed by atoms with van der Waals surface area (Å²) < 4.78 is 0. The molecule has 0 radical (unpaired) electrons. The number of aryl methyl sites for hydroxylation is 2. The average Bonchev–Trinajstić information content (AvgIpc) is 2.61. The van der Waals surface area contributed by atoms with E-state index in [2.05, 4.69) is 52.6 Å². The predicted octanol–water partition coefficient (Wildman–Crippen LogP) is 2.89. The lowest BCUT2D eigenvalue weighted by Gasteiger charge is -2.34. The van der Waals surface area contributed by atoms with Crippen molar-refractivity contribution in [2.24, 2.45) is 10.9 Å². The van der Waals surface area contributed by atoms with E-state index < -0.39 is 0 Å². The molecule has 1 aromatic rings.